The van der Waals surface area contributed by atoms with Crippen molar-refractivity contribution in [3.05, 3.63) is 28.8 Å². The van der Waals surface area contributed by atoms with Crippen LogP contribution in [0.5, 0.6) is 5.75 Å². The van der Waals surface area contributed by atoms with Crippen LogP contribution in [0.25, 0.3) is 0 Å². The molecule has 1 aliphatic heterocycles. The maximum Gasteiger partial charge on any atom is 0.127 e. The predicted molar refractivity (Wildman–Crippen MR) is 89.2 cm³/mol. The van der Waals surface area contributed by atoms with Crippen molar-refractivity contribution >= 4 is 0 Å². The van der Waals surface area contributed by atoms with Crippen molar-refractivity contribution in [3.8, 4) is 5.75 Å². The molecule has 1 aromatic rings. The van der Waals surface area contributed by atoms with Gasteiger partial charge in [0.2, 0.25) is 0 Å². The first-order valence-corrected chi connectivity index (χ1v) is 7.97. The fourth-order valence-corrected chi connectivity index (χ4v) is 3.16. The molecule has 0 saturated heterocycles. The maximum atomic E-state index is 6.23. The highest BCUT2D eigenvalue weighted by molar-refractivity contribution is 5.47. The molecule has 2 rings (SSSR count). The highest BCUT2D eigenvalue weighted by Crippen LogP contribution is 2.41. The molecule has 0 spiro atoms. The Hall–Kier alpha value is -1.06. The normalized spacial score (nSPS) is 20.2. The lowest BCUT2D eigenvalue weighted by atomic mass is 9.87. The molecule has 0 aliphatic carbocycles. The molecule has 118 valence electrons. The smallest absolute Gasteiger partial charge is 0.127 e. The van der Waals surface area contributed by atoms with Crippen molar-refractivity contribution in [3.63, 3.8) is 0 Å². The van der Waals surface area contributed by atoms with Crippen molar-refractivity contribution in [2.24, 2.45) is 0 Å². The van der Waals surface area contributed by atoms with Gasteiger partial charge in [-0.3, -0.25) is 0 Å². The molecule has 1 heterocycles. The zero-order valence-electron chi connectivity index (χ0n) is 14.4. The van der Waals surface area contributed by atoms with Crippen molar-refractivity contribution < 1.29 is 4.74 Å². The Morgan fingerprint density at radius 2 is 2.00 bits per heavy atom. The highest BCUT2D eigenvalue weighted by atomic mass is 16.5. The van der Waals surface area contributed by atoms with Gasteiger partial charge < -0.3 is 15.0 Å². The van der Waals surface area contributed by atoms with Gasteiger partial charge in [0.1, 0.15) is 11.4 Å². The molecule has 3 heteroatoms. The van der Waals surface area contributed by atoms with Crippen LogP contribution in [0.15, 0.2) is 12.1 Å². The summed E-state index contributed by atoms with van der Waals surface area (Å²) in [6.07, 6.45) is 2.19. The van der Waals surface area contributed by atoms with Gasteiger partial charge in [-0.15, -0.1) is 0 Å². The number of hydrogen-bond donors (Lipinski definition) is 1. The molecule has 0 amide bonds. The van der Waals surface area contributed by atoms with Crippen LogP contribution < -0.4 is 10.1 Å². The predicted octanol–water partition coefficient (Wildman–Crippen LogP) is 3.45. The Balaban J connectivity index is 2.15. The third kappa shape index (κ3) is 4.21. The van der Waals surface area contributed by atoms with Crippen LogP contribution in [0, 0.1) is 13.8 Å². The SMILES string of the molecule is Cc1cc(C)c2c(c1)C(NCCCN(C)C)CC(C)(C)O2. The Bertz CT molecular complexity index is 494. The van der Waals surface area contributed by atoms with Crippen LogP contribution in [0.1, 0.15) is 49.4 Å². The summed E-state index contributed by atoms with van der Waals surface area (Å²) in [7, 11) is 4.25. The first-order chi connectivity index (χ1) is 9.78. The lowest BCUT2D eigenvalue weighted by Crippen LogP contribution is -2.40. The van der Waals surface area contributed by atoms with Crippen LogP contribution in [0.2, 0.25) is 0 Å². The standard InChI is InChI=1S/C18H30N2O/c1-13-10-14(2)17-15(11-13)16(12-18(3,4)21-17)19-8-7-9-20(5)6/h10-11,16,19H,7-9,12H2,1-6H3. The van der Waals surface area contributed by atoms with E-state index in [1.165, 1.54) is 23.1 Å². The summed E-state index contributed by atoms with van der Waals surface area (Å²) in [6, 6.07) is 4.88. The van der Waals surface area contributed by atoms with Crippen LogP contribution >= 0.6 is 0 Å². The van der Waals surface area contributed by atoms with E-state index in [0.29, 0.717) is 6.04 Å². The minimum atomic E-state index is -0.105. The number of nitrogens with one attached hydrogen (secondary N) is 1. The van der Waals surface area contributed by atoms with E-state index in [9.17, 15) is 0 Å². The van der Waals surface area contributed by atoms with Gasteiger partial charge in [0.25, 0.3) is 0 Å². The van der Waals surface area contributed by atoms with Gasteiger partial charge in [0.05, 0.1) is 0 Å². The molecular formula is C18H30N2O. The highest BCUT2D eigenvalue weighted by Gasteiger charge is 2.34. The third-order valence-corrected chi connectivity index (χ3v) is 4.07. The third-order valence-electron chi connectivity index (χ3n) is 4.07. The van der Waals surface area contributed by atoms with E-state index in [4.69, 9.17) is 4.74 Å². The van der Waals surface area contributed by atoms with Gasteiger partial charge >= 0.3 is 0 Å². The van der Waals surface area contributed by atoms with E-state index in [1.807, 2.05) is 0 Å². The molecular weight excluding hydrogens is 260 g/mol. The molecule has 0 saturated carbocycles. The van der Waals surface area contributed by atoms with Crippen molar-refractivity contribution in [1.29, 1.82) is 0 Å². The van der Waals surface area contributed by atoms with Crippen molar-refractivity contribution in [1.82, 2.24) is 10.2 Å². The van der Waals surface area contributed by atoms with Gasteiger partial charge in [0.15, 0.2) is 0 Å². The summed E-state index contributed by atoms with van der Waals surface area (Å²) >= 11 is 0. The Labute approximate surface area is 129 Å². The van der Waals surface area contributed by atoms with Crippen molar-refractivity contribution in [2.45, 2.75) is 52.2 Å². The van der Waals surface area contributed by atoms with Gasteiger partial charge in [-0.2, -0.15) is 0 Å². The molecule has 0 aromatic heterocycles. The molecule has 0 bridgehead atoms. The minimum absolute atomic E-state index is 0.105. The molecule has 0 radical (unpaired) electrons. The van der Waals surface area contributed by atoms with Crippen LogP contribution in [0.3, 0.4) is 0 Å². The summed E-state index contributed by atoms with van der Waals surface area (Å²) < 4.78 is 6.23. The number of ether oxygens (including phenoxy) is 1. The second-order valence-electron chi connectivity index (χ2n) is 7.23. The van der Waals surface area contributed by atoms with Gasteiger partial charge in [0, 0.05) is 18.0 Å². The number of benzene rings is 1. The Morgan fingerprint density at radius 1 is 1.29 bits per heavy atom. The Kier molecular flexibility index (Phi) is 4.95. The van der Waals surface area contributed by atoms with E-state index < -0.39 is 0 Å². The monoisotopic (exact) mass is 290 g/mol. The van der Waals surface area contributed by atoms with Gasteiger partial charge in [-0.05, 0) is 66.9 Å². The zero-order chi connectivity index (χ0) is 15.6. The minimum Gasteiger partial charge on any atom is -0.487 e. The molecule has 1 aliphatic rings. The first-order valence-electron chi connectivity index (χ1n) is 7.97. The second kappa shape index (κ2) is 6.37. The number of hydrogen-bond acceptors (Lipinski definition) is 3. The topological polar surface area (TPSA) is 24.5 Å². The van der Waals surface area contributed by atoms with E-state index in [2.05, 4.69) is 64.1 Å². The fraction of sp³-hybridized carbons (Fsp3) is 0.667. The first kappa shape index (κ1) is 16.3. The molecule has 21 heavy (non-hydrogen) atoms. The summed E-state index contributed by atoms with van der Waals surface area (Å²) in [4.78, 5) is 2.23. The average molecular weight is 290 g/mol. The number of nitrogens with zero attached hydrogens (tertiary/aromatic N) is 1. The van der Waals surface area contributed by atoms with Crippen molar-refractivity contribution in [2.75, 3.05) is 27.2 Å². The van der Waals surface area contributed by atoms with Crippen LogP contribution in [0.4, 0.5) is 0 Å². The van der Waals surface area contributed by atoms with E-state index >= 15 is 0 Å². The van der Waals surface area contributed by atoms with Crippen LogP contribution in [-0.4, -0.2) is 37.7 Å². The quantitative estimate of drug-likeness (QED) is 0.841. The summed E-state index contributed by atoms with van der Waals surface area (Å²) in [5.41, 5.74) is 3.79. The molecule has 1 aromatic carbocycles. The van der Waals surface area contributed by atoms with E-state index in [1.54, 1.807) is 0 Å². The maximum absolute atomic E-state index is 6.23. The van der Waals surface area contributed by atoms with Gasteiger partial charge in [-0.1, -0.05) is 17.7 Å². The summed E-state index contributed by atoms with van der Waals surface area (Å²) in [6.45, 7) is 10.9. The van der Waals surface area contributed by atoms with Gasteiger partial charge in [-0.25, -0.2) is 0 Å². The number of rotatable bonds is 5. The number of aryl methyl sites for hydroxylation is 2. The molecule has 1 N–H and O–H groups in total. The molecule has 0 fully saturated rings. The van der Waals surface area contributed by atoms with Crippen LogP contribution in [-0.2, 0) is 0 Å². The lowest BCUT2D eigenvalue weighted by molar-refractivity contribution is 0.0650. The lowest BCUT2D eigenvalue weighted by Gasteiger charge is -2.39. The number of fused-ring (bicyclic) bond motifs is 1. The average Bonchev–Trinajstić information content (AvgIpc) is 2.35. The second-order valence-corrected chi connectivity index (χ2v) is 7.23. The largest absolute Gasteiger partial charge is 0.487 e. The summed E-state index contributed by atoms with van der Waals surface area (Å²) in [5.74, 6) is 1.09. The van der Waals surface area contributed by atoms with E-state index in [-0.39, 0.29) is 5.60 Å². The molecule has 1 unspecified atom stereocenters. The van der Waals surface area contributed by atoms with E-state index in [0.717, 1.165) is 25.3 Å². The fourth-order valence-electron chi connectivity index (χ4n) is 3.16. The zero-order valence-corrected chi connectivity index (χ0v) is 14.4. The Morgan fingerprint density at radius 3 is 2.67 bits per heavy atom. The summed E-state index contributed by atoms with van der Waals surface area (Å²) in [5, 5.41) is 3.74. The molecule has 1 atom stereocenters. The molecule has 3 nitrogen and oxygen atoms in total.